The van der Waals surface area contributed by atoms with E-state index in [0.717, 1.165) is 102 Å². The van der Waals surface area contributed by atoms with Crippen LogP contribution < -0.4 is 0 Å². The minimum absolute atomic E-state index is 0. The molecule has 4 heterocycles. The monoisotopic (exact) mass is 1150 g/mol. The van der Waals surface area contributed by atoms with Gasteiger partial charge in [-0.1, -0.05) is 124 Å². The summed E-state index contributed by atoms with van der Waals surface area (Å²) in [5, 5.41) is 14.6. The molecule has 0 atom stereocenters. The molecule has 0 amide bonds. The van der Waals surface area contributed by atoms with Crippen molar-refractivity contribution in [3.8, 4) is 22.5 Å². The summed E-state index contributed by atoms with van der Waals surface area (Å²) in [4.78, 5) is 25.6. The largest absolute Gasteiger partial charge is 0.512 e. The molecule has 0 spiro atoms. The molecule has 1 fully saturated rings. The van der Waals surface area contributed by atoms with E-state index in [9.17, 15) is 9.90 Å². The Morgan fingerprint density at radius 1 is 0.806 bits per heavy atom. The molecule has 0 unspecified atom stereocenters. The molecule has 7 nitrogen and oxygen atoms in total. The minimum Gasteiger partial charge on any atom is -0.512 e. The van der Waals surface area contributed by atoms with Crippen LogP contribution in [0, 0.1) is 55.5 Å². The van der Waals surface area contributed by atoms with Crippen LogP contribution in [0.3, 0.4) is 0 Å². The molecular formula is C63H72FIrN3O4-2. The van der Waals surface area contributed by atoms with Crippen molar-refractivity contribution in [2.75, 3.05) is 13.2 Å². The maximum Gasteiger partial charge on any atom is 0.159 e. The maximum absolute atomic E-state index is 15.4. The number of nitrogens with zero attached hydrogens (tertiary/aromatic N) is 3. The Balaban J connectivity index is 0.000000190. The molecule has 5 aromatic carbocycles. The molecule has 8 aromatic rings. The number of furan rings is 1. The van der Waals surface area contributed by atoms with Gasteiger partial charge >= 0.3 is 0 Å². The van der Waals surface area contributed by atoms with Gasteiger partial charge in [0, 0.05) is 63.8 Å². The molecular weight excluding hydrogens is 1070 g/mol. The van der Waals surface area contributed by atoms with Gasteiger partial charge in [0.1, 0.15) is 17.2 Å². The van der Waals surface area contributed by atoms with E-state index in [0.29, 0.717) is 37.7 Å². The average molecular weight is 1150 g/mol. The number of aliphatic hydroxyl groups is 1. The Morgan fingerprint density at radius 2 is 1.51 bits per heavy atom. The van der Waals surface area contributed by atoms with Crippen molar-refractivity contribution in [2.45, 2.75) is 134 Å². The zero-order chi connectivity index (χ0) is 51.4. The third kappa shape index (κ3) is 14.3. The van der Waals surface area contributed by atoms with Crippen LogP contribution in [0.5, 0.6) is 0 Å². The van der Waals surface area contributed by atoms with Gasteiger partial charge in [0.05, 0.1) is 16.9 Å². The Bertz CT molecular complexity index is 3200. The molecule has 1 saturated heterocycles. The number of hydrogen-bond acceptors (Lipinski definition) is 7. The minimum atomic E-state index is -0.176. The molecule has 381 valence electrons. The second-order valence-electron chi connectivity index (χ2n) is 22.6. The van der Waals surface area contributed by atoms with Crippen LogP contribution in [0.25, 0.3) is 66.1 Å². The number of hydrogen-bond donors (Lipinski definition) is 1. The number of ether oxygens (including phenoxy) is 1. The van der Waals surface area contributed by atoms with Crippen LogP contribution in [0.1, 0.15) is 140 Å². The quantitative estimate of drug-likeness (QED) is 0.0873. The van der Waals surface area contributed by atoms with Crippen LogP contribution in [0.2, 0.25) is 0 Å². The summed E-state index contributed by atoms with van der Waals surface area (Å²) in [5.41, 5.74) is 11.7. The first-order valence-electron chi connectivity index (χ1n) is 25.3. The molecule has 1 radical (unpaired) electrons. The number of carbonyl (C=O) groups is 1. The van der Waals surface area contributed by atoms with Crippen molar-refractivity contribution in [3.05, 3.63) is 148 Å². The smallest absolute Gasteiger partial charge is 0.159 e. The predicted octanol–water partition coefficient (Wildman–Crippen LogP) is 16.8. The van der Waals surface area contributed by atoms with Crippen molar-refractivity contribution in [2.24, 2.45) is 16.7 Å². The van der Waals surface area contributed by atoms with Crippen molar-refractivity contribution in [1.29, 1.82) is 0 Å². The number of rotatable bonds is 9. The van der Waals surface area contributed by atoms with E-state index in [1.54, 1.807) is 12.3 Å². The summed E-state index contributed by atoms with van der Waals surface area (Å²) in [6.07, 6.45) is 6.96. The number of ketones is 1. The number of carbonyl (C=O) groups excluding carboxylic acids is 1. The fourth-order valence-electron chi connectivity index (χ4n) is 9.47. The van der Waals surface area contributed by atoms with Crippen LogP contribution in [0.15, 0.2) is 101 Å². The number of halogens is 1. The van der Waals surface area contributed by atoms with E-state index < -0.39 is 0 Å². The molecule has 72 heavy (non-hydrogen) atoms. The van der Waals surface area contributed by atoms with Crippen LogP contribution in [0.4, 0.5) is 4.39 Å². The number of pyridine rings is 1. The summed E-state index contributed by atoms with van der Waals surface area (Å²) in [7, 11) is 0. The first-order valence-corrected chi connectivity index (χ1v) is 25.3. The zero-order valence-electron chi connectivity index (χ0n) is 44.6. The number of aromatic nitrogens is 3. The van der Waals surface area contributed by atoms with Gasteiger partial charge < -0.3 is 19.2 Å². The number of aryl methyl sites for hydroxylation is 3. The molecule has 0 aliphatic carbocycles. The molecule has 0 saturated carbocycles. The Labute approximate surface area is 440 Å². The fourth-order valence-corrected chi connectivity index (χ4v) is 9.47. The molecule has 0 bridgehead atoms. The maximum atomic E-state index is 15.4. The van der Waals surface area contributed by atoms with E-state index in [4.69, 9.17) is 19.1 Å². The topological polar surface area (TPSA) is 98.3 Å². The number of fused-ring (bicyclic) bond motifs is 5. The Kier molecular flexibility index (Phi) is 18.2. The third-order valence-corrected chi connectivity index (χ3v) is 12.5. The van der Waals surface area contributed by atoms with Crippen molar-refractivity contribution in [1.82, 2.24) is 15.0 Å². The summed E-state index contributed by atoms with van der Waals surface area (Å²) in [5.74, 6) is 1.95. The third-order valence-electron chi connectivity index (χ3n) is 12.5. The van der Waals surface area contributed by atoms with Crippen molar-refractivity contribution < 1.29 is 43.6 Å². The van der Waals surface area contributed by atoms with Crippen LogP contribution >= 0.6 is 0 Å². The zero-order valence-corrected chi connectivity index (χ0v) is 47.0. The average Bonchev–Trinajstić information content (AvgIpc) is 3.65. The summed E-state index contributed by atoms with van der Waals surface area (Å²) in [6, 6.07) is 33.7. The fraction of sp³-hybridized carbons (Fsp3) is 0.397. The normalized spacial score (nSPS) is 13.6. The van der Waals surface area contributed by atoms with Gasteiger partial charge in [-0.25, -0.2) is 9.37 Å². The van der Waals surface area contributed by atoms with Gasteiger partial charge in [0.25, 0.3) is 0 Å². The van der Waals surface area contributed by atoms with Gasteiger partial charge in [-0.3, -0.25) is 9.78 Å². The number of benzene rings is 5. The van der Waals surface area contributed by atoms with Gasteiger partial charge in [0.15, 0.2) is 5.78 Å². The van der Waals surface area contributed by atoms with E-state index in [1.165, 1.54) is 17.2 Å². The first kappa shape index (κ1) is 55.7. The van der Waals surface area contributed by atoms with Crippen LogP contribution in [-0.2, 0) is 36.1 Å². The van der Waals surface area contributed by atoms with Gasteiger partial charge in [0.2, 0.25) is 0 Å². The van der Waals surface area contributed by atoms with E-state index >= 15 is 4.39 Å². The molecule has 9 heteroatoms. The van der Waals surface area contributed by atoms with Crippen LogP contribution in [-0.4, -0.2) is 39.1 Å². The standard InChI is InChI=1S/C29H25FNO2.C21H23N2.C13H24O2.Ir/c1-17(2)20-14-24-21-5-3-4-6-27(21)33-29(24)25(15-20)28-23-16-26(30)22(13-19(23)7-10-31-28)18-8-11-32-12-9-18;1-13(2)8-17-6-7-19-20(12-17)22-16(5)23-21(19)18-10-14(3)9-15(4)11-18;1-12(2,3)8-10(14)7-11(15)9-13(4,5)6;/h3-7,10,13-14,16-18H,8-9,11-12H2,1-2H3;6-7,9-10,12-13H,8H2,1-5H3;7,14H,8-9H2,1-6H3;/q2*-1;;/b;;10-7-;. The Hall–Kier alpha value is -5.60. The summed E-state index contributed by atoms with van der Waals surface area (Å²) in [6.45, 7) is 28.4. The van der Waals surface area contributed by atoms with Gasteiger partial charge in [-0.05, 0) is 124 Å². The molecule has 1 aliphatic heterocycles. The van der Waals surface area contributed by atoms with E-state index in [1.807, 2.05) is 78.8 Å². The second kappa shape index (κ2) is 23.5. The molecule has 3 aromatic heterocycles. The second-order valence-corrected chi connectivity index (χ2v) is 22.6. The van der Waals surface area contributed by atoms with Gasteiger partial charge in [-0.15, -0.1) is 52.6 Å². The van der Waals surface area contributed by atoms with E-state index in [-0.39, 0.29) is 60.1 Å². The summed E-state index contributed by atoms with van der Waals surface area (Å²) < 4.78 is 27.2. The Morgan fingerprint density at radius 3 is 2.18 bits per heavy atom. The SMILES string of the molecule is CC(C)(C)CC(=O)/C=C(\O)CC(C)(C)C.CC(C)c1[c-]c(-c2nccc3cc(C4CCOCC4)c(F)cc23)c2oc3ccccc3c2c1.Cc1[c-]c(-c2nc(C)nc3cc(CC(C)C)ccc23)cc(C)c1.[Ir]. The number of allylic oxidation sites excluding steroid dienone is 2. The molecule has 1 N–H and O–H groups in total. The predicted molar refractivity (Wildman–Crippen MR) is 291 cm³/mol. The molecule has 1 aliphatic rings. The van der Waals surface area contributed by atoms with Crippen molar-refractivity contribution in [3.63, 3.8) is 0 Å². The van der Waals surface area contributed by atoms with Gasteiger partial charge in [-0.2, -0.15) is 0 Å². The molecule has 9 rings (SSSR count). The van der Waals surface area contributed by atoms with Crippen molar-refractivity contribution >= 4 is 49.4 Å². The number of para-hydroxylation sites is 1. The summed E-state index contributed by atoms with van der Waals surface area (Å²) >= 11 is 0. The number of aliphatic hydroxyl groups excluding tert-OH is 1. The first-order chi connectivity index (χ1) is 33.5. The van der Waals surface area contributed by atoms with E-state index in [2.05, 4.69) is 101 Å².